The predicted molar refractivity (Wildman–Crippen MR) is 111 cm³/mol. The molecule has 12 heteroatoms. The van der Waals surface area contributed by atoms with E-state index in [2.05, 4.69) is 0 Å². The van der Waals surface area contributed by atoms with Crippen molar-refractivity contribution in [1.29, 1.82) is 0 Å². The van der Waals surface area contributed by atoms with Gasteiger partial charge in [0.1, 0.15) is 0 Å². The second kappa shape index (κ2) is 17.0. The Morgan fingerprint density at radius 3 is 0.812 bits per heavy atom. The van der Waals surface area contributed by atoms with Gasteiger partial charge < -0.3 is 61.3 Å². The lowest BCUT2D eigenvalue weighted by atomic mass is 9.94. The Bertz CT molecular complexity index is 416. The topological polar surface area (TPSA) is 243 Å². The minimum Gasteiger partial charge on any atom is -0.394 e. The van der Waals surface area contributed by atoms with E-state index in [0.717, 1.165) is 0 Å². The molecule has 0 amide bonds. The summed E-state index contributed by atoms with van der Waals surface area (Å²) in [7, 11) is 0. The summed E-state index contributed by atoms with van der Waals surface area (Å²) in [6.07, 6.45) is -13.6. The van der Waals surface area contributed by atoms with E-state index in [9.17, 15) is 51.1 Å². The highest BCUT2D eigenvalue weighted by atomic mass is 16.3. The quantitative estimate of drug-likeness (QED) is 0.0850. The number of rotatable bonds is 19. The molecule has 0 aromatic carbocycles. The lowest BCUT2D eigenvalue weighted by Crippen LogP contribution is -2.35. The molecule has 12 nitrogen and oxygen atoms in total. The van der Waals surface area contributed by atoms with Crippen LogP contribution < -0.4 is 0 Å². The van der Waals surface area contributed by atoms with E-state index >= 15 is 0 Å². The molecule has 10 unspecified atom stereocenters. The zero-order valence-electron chi connectivity index (χ0n) is 18.2. The van der Waals surface area contributed by atoms with E-state index in [4.69, 9.17) is 10.2 Å². The minimum atomic E-state index is -1.37. The maximum absolute atomic E-state index is 10.00. The normalized spacial score (nSPS) is 21.8. The maximum atomic E-state index is 10.00. The Kier molecular flexibility index (Phi) is 16.8. The van der Waals surface area contributed by atoms with Crippen LogP contribution in [0, 0.1) is 0 Å². The van der Waals surface area contributed by atoms with Crippen molar-refractivity contribution in [1.82, 2.24) is 0 Å². The van der Waals surface area contributed by atoms with Gasteiger partial charge in [0.2, 0.25) is 0 Å². The van der Waals surface area contributed by atoms with Crippen LogP contribution in [0.15, 0.2) is 0 Å². The summed E-state index contributed by atoms with van der Waals surface area (Å²) in [5.41, 5.74) is 0. The Morgan fingerprint density at radius 2 is 0.562 bits per heavy atom. The van der Waals surface area contributed by atoms with Crippen molar-refractivity contribution >= 4 is 0 Å². The van der Waals surface area contributed by atoms with Crippen molar-refractivity contribution in [2.45, 2.75) is 112 Å². The van der Waals surface area contributed by atoms with Crippen molar-refractivity contribution in [3.63, 3.8) is 0 Å². The van der Waals surface area contributed by atoms with Crippen molar-refractivity contribution < 1.29 is 61.3 Å². The van der Waals surface area contributed by atoms with Gasteiger partial charge in [-0.1, -0.05) is 0 Å². The average Bonchev–Trinajstić information content (AvgIpc) is 2.71. The fourth-order valence-electron chi connectivity index (χ4n) is 3.33. The van der Waals surface area contributed by atoms with Crippen LogP contribution in [0.5, 0.6) is 0 Å². The van der Waals surface area contributed by atoms with Crippen molar-refractivity contribution in [3.8, 4) is 0 Å². The number of aliphatic hydroxyl groups excluding tert-OH is 12. The summed E-state index contributed by atoms with van der Waals surface area (Å²) >= 11 is 0. The first-order valence-corrected chi connectivity index (χ1v) is 10.9. The van der Waals surface area contributed by atoms with Crippen LogP contribution in [-0.2, 0) is 0 Å². The third kappa shape index (κ3) is 14.6. The molecule has 0 saturated heterocycles. The van der Waals surface area contributed by atoms with E-state index in [1.165, 1.54) is 0 Å². The first kappa shape index (κ1) is 31.5. The van der Waals surface area contributed by atoms with Gasteiger partial charge in [-0.15, -0.1) is 0 Å². The van der Waals surface area contributed by atoms with Crippen molar-refractivity contribution in [2.75, 3.05) is 13.2 Å². The van der Waals surface area contributed by atoms with Gasteiger partial charge in [0, 0.05) is 38.5 Å². The second-order valence-corrected chi connectivity index (χ2v) is 8.55. The van der Waals surface area contributed by atoms with Crippen LogP contribution >= 0.6 is 0 Å². The van der Waals surface area contributed by atoms with Crippen LogP contribution in [0.25, 0.3) is 0 Å². The zero-order valence-corrected chi connectivity index (χ0v) is 18.2. The highest BCUT2D eigenvalue weighted by Crippen LogP contribution is 2.17. The summed E-state index contributed by atoms with van der Waals surface area (Å²) in [6.45, 7) is -1.09. The number of hydrogen-bond acceptors (Lipinski definition) is 12. The molecule has 0 heterocycles. The highest BCUT2D eigenvalue weighted by Gasteiger charge is 2.26. The summed E-state index contributed by atoms with van der Waals surface area (Å²) in [5, 5.41) is 115. The molecule has 0 fully saturated rings. The van der Waals surface area contributed by atoms with Gasteiger partial charge >= 0.3 is 0 Å². The highest BCUT2D eigenvalue weighted by molar-refractivity contribution is 4.78. The minimum absolute atomic E-state index is 0.0187. The summed E-state index contributed by atoms with van der Waals surface area (Å²) in [5.74, 6) is 0. The Balaban J connectivity index is 4.23. The summed E-state index contributed by atoms with van der Waals surface area (Å²) in [6, 6.07) is 0. The standard InChI is InChI=1S/C20H42O12/c21-9-15(27)3-13(25)7-19(31)17(29)5-11(23)1-2-12(24)6-18(30)20(32)8-14(26)4-16(28)10-22/h11-32H,1-10H2. The van der Waals surface area contributed by atoms with E-state index in [-0.39, 0.29) is 51.4 Å². The SMILES string of the molecule is OCC(O)CC(O)CC(O)C(O)CC(O)CCC(O)CC(O)C(O)CC(O)CC(O)CO. The lowest BCUT2D eigenvalue weighted by Gasteiger charge is -2.25. The second-order valence-electron chi connectivity index (χ2n) is 8.55. The van der Waals surface area contributed by atoms with Gasteiger partial charge in [0.05, 0.1) is 74.3 Å². The van der Waals surface area contributed by atoms with Crippen LogP contribution in [0.1, 0.15) is 51.4 Å². The maximum Gasteiger partial charge on any atom is 0.0824 e. The van der Waals surface area contributed by atoms with Gasteiger partial charge in [-0.2, -0.15) is 0 Å². The van der Waals surface area contributed by atoms with Gasteiger partial charge in [-0.05, 0) is 12.8 Å². The summed E-state index contributed by atoms with van der Waals surface area (Å²) in [4.78, 5) is 0. The molecule has 32 heavy (non-hydrogen) atoms. The number of hydrogen-bond donors (Lipinski definition) is 12. The molecule has 0 spiro atoms. The first-order chi connectivity index (χ1) is 14.9. The van der Waals surface area contributed by atoms with E-state index in [1.807, 2.05) is 0 Å². The molecule has 0 radical (unpaired) electrons. The molecule has 194 valence electrons. The van der Waals surface area contributed by atoms with Gasteiger partial charge in [-0.25, -0.2) is 0 Å². The third-order valence-corrected chi connectivity index (χ3v) is 5.29. The zero-order chi connectivity index (χ0) is 24.8. The number of aliphatic hydroxyl groups is 12. The van der Waals surface area contributed by atoms with E-state index in [0.29, 0.717) is 0 Å². The molecular weight excluding hydrogens is 432 g/mol. The largest absolute Gasteiger partial charge is 0.394 e. The van der Waals surface area contributed by atoms with Gasteiger partial charge in [0.15, 0.2) is 0 Å². The fourth-order valence-corrected chi connectivity index (χ4v) is 3.33. The Labute approximate surface area is 187 Å². The van der Waals surface area contributed by atoms with Crippen LogP contribution in [-0.4, -0.2) is 136 Å². The Hall–Kier alpha value is -0.480. The third-order valence-electron chi connectivity index (χ3n) is 5.29. The average molecular weight is 475 g/mol. The van der Waals surface area contributed by atoms with Gasteiger partial charge in [0.25, 0.3) is 0 Å². The lowest BCUT2D eigenvalue weighted by molar-refractivity contribution is -0.0511. The fraction of sp³-hybridized carbons (Fsp3) is 1.00. The first-order valence-electron chi connectivity index (χ1n) is 10.9. The molecule has 0 aliphatic carbocycles. The molecule has 0 aromatic rings. The monoisotopic (exact) mass is 474 g/mol. The van der Waals surface area contributed by atoms with Crippen molar-refractivity contribution in [2.24, 2.45) is 0 Å². The Morgan fingerprint density at radius 1 is 0.312 bits per heavy atom. The molecule has 10 atom stereocenters. The van der Waals surface area contributed by atoms with E-state index in [1.54, 1.807) is 0 Å². The molecule has 0 aliphatic rings. The summed E-state index contributed by atoms with van der Waals surface area (Å²) < 4.78 is 0. The van der Waals surface area contributed by atoms with E-state index < -0.39 is 74.3 Å². The van der Waals surface area contributed by atoms with Crippen LogP contribution in [0.2, 0.25) is 0 Å². The molecule has 0 rings (SSSR count). The molecule has 0 saturated carbocycles. The smallest absolute Gasteiger partial charge is 0.0824 e. The molecular formula is C20H42O12. The molecule has 12 N–H and O–H groups in total. The molecule has 0 aromatic heterocycles. The molecule has 0 aliphatic heterocycles. The van der Waals surface area contributed by atoms with Gasteiger partial charge in [-0.3, -0.25) is 0 Å². The van der Waals surface area contributed by atoms with Crippen LogP contribution in [0.4, 0.5) is 0 Å². The predicted octanol–water partition coefficient (Wildman–Crippen LogP) is -4.30. The van der Waals surface area contributed by atoms with Crippen LogP contribution in [0.3, 0.4) is 0 Å². The molecule has 0 bridgehead atoms. The van der Waals surface area contributed by atoms with Crippen molar-refractivity contribution in [3.05, 3.63) is 0 Å².